The predicted molar refractivity (Wildman–Crippen MR) is 52.8 cm³/mol. The van der Waals surface area contributed by atoms with Gasteiger partial charge in [0.25, 0.3) is 0 Å². The Labute approximate surface area is 79.3 Å². The molecule has 2 N–H and O–H groups in total. The molecule has 1 aliphatic heterocycles. The minimum Gasteiger partial charge on any atom is -0.393 e. The molecular formula is C10H18N2O. The van der Waals surface area contributed by atoms with Crippen molar-refractivity contribution in [3.05, 3.63) is 0 Å². The van der Waals surface area contributed by atoms with Crippen LogP contribution in [0.3, 0.4) is 0 Å². The minimum atomic E-state index is -0.115. The van der Waals surface area contributed by atoms with Gasteiger partial charge in [0.1, 0.15) is 0 Å². The SMILES string of the molecule is CC(C)C1=NC2CCC(O)CC2N1. The molecule has 3 atom stereocenters. The van der Waals surface area contributed by atoms with Gasteiger partial charge in [-0.2, -0.15) is 0 Å². The molecule has 2 rings (SSSR count). The van der Waals surface area contributed by atoms with E-state index >= 15 is 0 Å². The van der Waals surface area contributed by atoms with Crippen LogP contribution < -0.4 is 5.32 Å². The smallest absolute Gasteiger partial charge is 0.0996 e. The first-order valence-corrected chi connectivity index (χ1v) is 5.19. The summed E-state index contributed by atoms with van der Waals surface area (Å²) in [6, 6.07) is 0.835. The fourth-order valence-electron chi connectivity index (χ4n) is 2.16. The Morgan fingerprint density at radius 1 is 1.46 bits per heavy atom. The molecule has 0 spiro atoms. The van der Waals surface area contributed by atoms with Crippen LogP contribution in [0.25, 0.3) is 0 Å². The Bertz CT molecular complexity index is 225. The lowest BCUT2D eigenvalue weighted by molar-refractivity contribution is 0.112. The molecule has 0 aromatic carbocycles. The van der Waals surface area contributed by atoms with E-state index in [-0.39, 0.29) is 6.10 Å². The normalized spacial score (nSPS) is 38.5. The molecule has 3 heteroatoms. The van der Waals surface area contributed by atoms with Gasteiger partial charge in [0.15, 0.2) is 0 Å². The quantitative estimate of drug-likeness (QED) is 0.633. The summed E-state index contributed by atoms with van der Waals surface area (Å²) >= 11 is 0. The molecule has 0 amide bonds. The van der Waals surface area contributed by atoms with Crippen LogP contribution in [0.4, 0.5) is 0 Å². The lowest BCUT2D eigenvalue weighted by Gasteiger charge is -2.27. The van der Waals surface area contributed by atoms with Crippen LogP contribution >= 0.6 is 0 Å². The maximum absolute atomic E-state index is 9.49. The number of hydrogen-bond acceptors (Lipinski definition) is 3. The largest absolute Gasteiger partial charge is 0.393 e. The summed E-state index contributed by atoms with van der Waals surface area (Å²) in [5.41, 5.74) is 0. The van der Waals surface area contributed by atoms with Crippen LogP contribution in [0.1, 0.15) is 33.1 Å². The topological polar surface area (TPSA) is 44.6 Å². The second kappa shape index (κ2) is 3.29. The maximum Gasteiger partial charge on any atom is 0.0996 e. The van der Waals surface area contributed by atoms with E-state index in [1.165, 1.54) is 0 Å². The Morgan fingerprint density at radius 3 is 2.92 bits per heavy atom. The zero-order valence-corrected chi connectivity index (χ0v) is 8.33. The second-order valence-electron chi connectivity index (χ2n) is 4.45. The Morgan fingerprint density at radius 2 is 2.23 bits per heavy atom. The van der Waals surface area contributed by atoms with Gasteiger partial charge in [-0.05, 0) is 19.3 Å². The van der Waals surface area contributed by atoms with Gasteiger partial charge in [0.2, 0.25) is 0 Å². The first kappa shape index (κ1) is 9.00. The Hall–Kier alpha value is -0.570. The predicted octanol–water partition coefficient (Wildman–Crippen LogP) is 0.926. The molecule has 13 heavy (non-hydrogen) atoms. The Balaban J connectivity index is 2.02. The maximum atomic E-state index is 9.49. The first-order chi connectivity index (χ1) is 6.16. The summed E-state index contributed by atoms with van der Waals surface area (Å²) in [4.78, 5) is 4.64. The van der Waals surface area contributed by atoms with Crippen molar-refractivity contribution in [2.45, 2.75) is 51.3 Å². The average molecular weight is 182 g/mol. The summed E-state index contributed by atoms with van der Waals surface area (Å²) in [7, 11) is 0. The molecule has 3 nitrogen and oxygen atoms in total. The van der Waals surface area contributed by atoms with E-state index in [1.807, 2.05) is 0 Å². The highest BCUT2D eigenvalue weighted by Gasteiger charge is 2.34. The standard InChI is InChI=1S/C10H18N2O/c1-6(2)10-11-8-4-3-7(13)5-9(8)12-10/h6-9,13H,3-5H2,1-2H3,(H,11,12). The first-order valence-electron chi connectivity index (χ1n) is 5.19. The summed E-state index contributed by atoms with van der Waals surface area (Å²) in [5.74, 6) is 1.62. The zero-order valence-electron chi connectivity index (χ0n) is 8.33. The third-order valence-electron chi connectivity index (χ3n) is 2.97. The summed E-state index contributed by atoms with van der Waals surface area (Å²) in [6.07, 6.45) is 2.70. The number of hydrogen-bond donors (Lipinski definition) is 2. The van der Waals surface area contributed by atoms with Gasteiger partial charge >= 0.3 is 0 Å². The molecule has 0 aromatic rings. The van der Waals surface area contributed by atoms with Crippen molar-refractivity contribution < 1.29 is 5.11 Å². The van der Waals surface area contributed by atoms with E-state index in [4.69, 9.17) is 0 Å². The number of aliphatic hydroxyl groups is 1. The number of fused-ring (bicyclic) bond motifs is 1. The molecular weight excluding hydrogens is 164 g/mol. The van der Waals surface area contributed by atoms with E-state index in [0.29, 0.717) is 18.0 Å². The average Bonchev–Trinajstić information content (AvgIpc) is 2.46. The molecule has 3 unspecified atom stereocenters. The van der Waals surface area contributed by atoms with Crippen LogP contribution in [0, 0.1) is 5.92 Å². The van der Waals surface area contributed by atoms with Crippen molar-refractivity contribution in [2.24, 2.45) is 10.9 Å². The van der Waals surface area contributed by atoms with Crippen molar-refractivity contribution in [3.63, 3.8) is 0 Å². The van der Waals surface area contributed by atoms with E-state index in [9.17, 15) is 5.11 Å². The van der Waals surface area contributed by atoms with Crippen LogP contribution in [0.2, 0.25) is 0 Å². The molecule has 0 radical (unpaired) electrons. The van der Waals surface area contributed by atoms with Gasteiger partial charge in [-0.15, -0.1) is 0 Å². The van der Waals surface area contributed by atoms with Crippen molar-refractivity contribution in [1.29, 1.82) is 0 Å². The van der Waals surface area contributed by atoms with Crippen molar-refractivity contribution in [1.82, 2.24) is 5.32 Å². The fourth-order valence-corrected chi connectivity index (χ4v) is 2.16. The van der Waals surface area contributed by atoms with Gasteiger partial charge in [-0.1, -0.05) is 13.8 Å². The van der Waals surface area contributed by atoms with Crippen LogP contribution in [0.15, 0.2) is 4.99 Å². The highest BCUT2D eigenvalue weighted by Crippen LogP contribution is 2.26. The van der Waals surface area contributed by atoms with E-state index in [1.54, 1.807) is 0 Å². The number of nitrogens with zero attached hydrogens (tertiary/aromatic N) is 1. The summed E-state index contributed by atoms with van der Waals surface area (Å²) in [6.45, 7) is 4.30. The van der Waals surface area contributed by atoms with Crippen molar-refractivity contribution in [2.75, 3.05) is 0 Å². The lowest BCUT2D eigenvalue weighted by atomic mass is 9.90. The third kappa shape index (κ3) is 1.70. The molecule has 1 aliphatic carbocycles. The van der Waals surface area contributed by atoms with Crippen LogP contribution in [-0.4, -0.2) is 29.1 Å². The van der Waals surface area contributed by atoms with Crippen LogP contribution in [0.5, 0.6) is 0 Å². The molecule has 0 bridgehead atoms. The summed E-state index contributed by atoms with van der Waals surface area (Å²) in [5, 5.41) is 12.9. The van der Waals surface area contributed by atoms with Crippen molar-refractivity contribution >= 4 is 5.84 Å². The monoisotopic (exact) mass is 182 g/mol. The number of rotatable bonds is 1. The molecule has 0 aromatic heterocycles. The number of aliphatic imine (C=N–C) groups is 1. The van der Waals surface area contributed by atoms with E-state index in [2.05, 4.69) is 24.2 Å². The zero-order chi connectivity index (χ0) is 9.42. The van der Waals surface area contributed by atoms with E-state index in [0.717, 1.165) is 25.1 Å². The van der Waals surface area contributed by atoms with Gasteiger partial charge in [0.05, 0.1) is 24.0 Å². The van der Waals surface area contributed by atoms with Gasteiger partial charge in [-0.25, -0.2) is 0 Å². The molecule has 1 fully saturated rings. The number of amidine groups is 1. The highest BCUT2D eigenvalue weighted by molar-refractivity contribution is 5.86. The molecule has 1 heterocycles. The summed E-state index contributed by atoms with van der Waals surface area (Å²) < 4.78 is 0. The van der Waals surface area contributed by atoms with Gasteiger partial charge in [-0.3, -0.25) is 4.99 Å². The minimum absolute atomic E-state index is 0.115. The number of nitrogens with one attached hydrogen (secondary N) is 1. The van der Waals surface area contributed by atoms with Gasteiger partial charge < -0.3 is 10.4 Å². The second-order valence-corrected chi connectivity index (χ2v) is 4.45. The number of aliphatic hydroxyl groups excluding tert-OH is 1. The van der Waals surface area contributed by atoms with E-state index < -0.39 is 0 Å². The van der Waals surface area contributed by atoms with Crippen molar-refractivity contribution in [3.8, 4) is 0 Å². The Kier molecular flexibility index (Phi) is 2.28. The molecule has 2 aliphatic rings. The fraction of sp³-hybridized carbons (Fsp3) is 0.900. The molecule has 74 valence electrons. The lowest BCUT2D eigenvalue weighted by Crippen LogP contribution is -2.42. The van der Waals surface area contributed by atoms with Crippen LogP contribution in [-0.2, 0) is 0 Å². The molecule has 1 saturated carbocycles. The van der Waals surface area contributed by atoms with Gasteiger partial charge in [0, 0.05) is 5.92 Å². The third-order valence-corrected chi connectivity index (χ3v) is 2.97. The highest BCUT2D eigenvalue weighted by atomic mass is 16.3. The molecule has 0 saturated heterocycles.